The zero-order chi connectivity index (χ0) is 13.8. The fraction of sp³-hybridized carbons (Fsp3) is 0.214. The van der Waals surface area contributed by atoms with Gasteiger partial charge in [0.25, 0.3) is 5.91 Å². The monoisotopic (exact) mass is 373 g/mol. The van der Waals surface area contributed by atoms with Crippen LogP contribution < -0.4 is 5.32 Å². The van der Waals surface area contributed by atoms with E-state index in [4.69, 9.17) is 4.42 Å². The number of hydrogen-bond acceptors (Lipinski definition) is 2. The highest BCUT2D eigenvalue weighted by molar-refractivity contribution is 14.1. The predicted octanol–water partition coefficient (Wildman–Crippen LogP) is 3.38. The highest BCUT2D eigenvalue weighted by atomic mass is 127. The number of halogens is 2. The molecule has 1 heterocycles. The minimum Gasteiger partial charge on any atom is -0.469 e. The minimum absolute atomic E-state index is 0.0560. The van der Waals surface area contributed by atoms with Crippen LogP contribution in [0.5, 0.6) is 0 Å². The van der Waals surface area contributed by atoms with Gasteiger partial charge < -0.3 is 9.73 Å². The third-order valence-electron chi connectivity index (χ3n) is 2.64. The second-order valence-corrected chi connectivity index (χ2v) is 5.44. The highest BCUT2D eigenvalue weighted by Crippen LogP contribution is 2.14. The fourth-order valence-corrected chi connectivity index (χ4v) is 2.48. The maximum absolute atomic E-state index is 13.0. The zero-order valence-electron chi connectivity index (χ0n) is 10.3. The van der Waals surface area contributed by atoms with Gasteiger partial charge in [0.1, 0.15) is 11.6 Å². The largest absolute Gasteiger partial charge is 0.469 e. The molecule has 1 N–H and O–H groups in total. The normalized spacial score (nSPS) is 12.2. The molecule has 0 radical (unpaired) electrons. The molecule has 1 amide bonds. The van der Waals surface area contributed by atoms with Gasteiger partial charge in [-0.2, -0.15) is 0 Å². The Hall–Kier alpha value is -1.37. The van der Waals surface area contributed by atoms with Crippen LogP contribution in [0.4, 0.5) is 4.39 Å². The van der Waals surface area contributed by atoms with Crippen LogP contribution in [-0.2, 0) is 6.42 Å². The third kappa shape index (κ3) is 3.79. The first-order valence-corrected chi connectivity index (χ1v) is 6.92. The van der Waals surface area contributed by atoms with Crippen LogP contribution in [0.15, 0.2) is 41.0 Å². The van der Waals surface area contributed by atoms with Gasteiger partial charge in [-0.15, -0.1) is 0 Å². The SMILES string of the molecule is CC(Cc1ccco1)NC(=O)c1ccc(F)cc1I. The van der Waals surface area contributed by atoms with Crippen LogP contribution in [-0.4, -0.2) is 11.9 Å². The molecule has 0 saturated heterocycles. The lowest BCUT2D eigenvalue weighted by Crippen LogP contribution is -2.34. The van der Waals surface area contributed by atoms with Gasteiger partial charge in [-0.1, -0.05) is 0 Å². The van der Waals surface area contributed by atoms with Crippen molar-refractivity contribution in [2.75, 3.05) is 0 Å². The second-order valence-electron chi connectivity index (χ2n) is 4.28. The average Bonchev–Trinajstić information content (AvgIpc) is 2.81. The molecule has 100 valence electrons. The molecule has 0 bridgehead atoms. The van der Waals surface area contributed by atoms with Gasteiger partial charge in [-0.3, -0.25) is 4.79 Å². The van der Waals surface area contributed by atoms with Crippen molar-refractivity contribution in [3.05, 3.63) is 57.3 Å². The number of carbonyl (C=O) groups is 1. The number of rotatable bonds is 4. The lowest BCUT2D eigenvalue weighted by atomic mass is 10.1. The molecule has 19 heavy (non-hydrogen) atoms. The highest BCUT2D eigenvalue weighted by Gasteiger charge is 2.14. The quantitative estimate of drug-likeness (QED) is 0.835. The van der Waals surface area contributed by atoms with Crippen molar-refractivity contribution in [2.45, 2.75) is 19.4 Å². The predicted molar refractivity (Wildman–Crippen MR) is 78.5 cm³/mol. The molecule has 0 aliphatic carbocycles. The first kappa shape index (κ1) is 14.0. The molecule has 0 aliphatic heterocycles. The Morgan fingerprint density at radius 3 is 2.89 bits per heavy atom. The number of amides is 1. The van der Waals surface area contributed by atoms with Crippen LogP contribution in [0.2, 0.25) is 0 Å². The van der Waals surface area contributed by atoms with Crippen molar-refractivity contribution in [3.63, 3.8) is 0 Å². The van der Waals surface area contributed by atoms with E-state index in [1.165, 1.54) is 18.2 Å². The van der Waals surface area contributed by atoms with Gasteiger partial charge in [-0.25, -0.2) is 4.39 Å². The molecule has 5 heteroatoms. The lowest BCUT2D eigenvalue weighted by molar-refractivity contribution is 0.0938. The molecule has 0 saturated carbocycles. The number of nitrogens with one attached hydrogen (secondary N) is 1. The summed E-state index contributed by atoms with van der Waals surface area (Å²) < 4.78 is 18.8. The van der Waals surface area contributed by atoms with Crippen LogP contribution in [0.1, 0.15) is 23.0 Å². The van der Waals surface area contributed by atoms with E-state index in [-0.39, 0.29) is 17.8 Å². The van der Waals surface area contributed by atoms with E-state index in [9.17, 15) is 9.18 Å². The van der Waals surface area contributed by atoms with Crippen LogP contribution in [0, 0.1) is 9.39 Å². The smallest absolute Gasteiger partial charge is 0.252 e. The molecule has 0 spiro atoms. The summed E-state index contributed by atoms with van der Waals surface area (Å²) in [6.45, 7) is 1.90. The molecule has 1 aromatic heterocycles. The van der Waals surface area contributed by atoms with Crippen molar-refractivity contribution in [3.8, 4) is 0 Å². The summed E-state index contributed by atoms with van der Waals surface area (Å²) >= 11 is 1.95. The van der Waals surface area contributed by atoms with Crippen LogP contribution in [0.25, 0.3) is 0 Å². The van der Waals surface area contributed by atoms with Crippen LogP contribution >= 0.6 is 22.6 Å². The van der Waals surface area contributed by atoms with Gasteiger partial charge >= 0.3 is 0 Å². The van der Waals surface area contributed by atoms with E-state index in [0.29, 0.717) is 15.6 Å². The number of benzene rings is 1. The Labute approximate surface area is 124 Å². The molecule has 0 aliphatic rings. The summed E-state index contributed by atoms with van der Waals surface area (Å²) in [5.74, 6) is 0.273. The minimum atomic E-state index is -0.343. The second kappa shape index (κ2) is 6.18. The standard InChI is InChI=1S/C14H13FINO2/c1-9(7-11-3-2-6-19-11)17-14(18)12-5-4-10(15)8-13(12)16/h2-6,8-9H,7H2,1H3,(H,17,18). The lowest BCUT2D eigenvalue weighted by Gasteiger charge is -2.13. The Bertz CT molecular complexity index is 569. The van der Waals surface area contributed by atoms with Gasteiger partial charge in [0.05, 0.1) is 11.8 Å². The molecular formula is C14H13FINO2. The summed E-state index contributed by atoms with van der Waals surface area (Å²) in [5.41, 5.74) is 0.480. The van der Waals surface area contributed by atoms with Crippen LogP contribution in [0.3, 0.4) is 0 Å². The van der Waals surface area contributed by atoms with E-state index >= 15 is 0 Å². The third-order valence-corrected chi connectivity index (χ3v) is 3.53. The molecule has 2 aromatic rings. The zero-order valence-corrected chi connectivity index (χ0v) is 12.5. The average molecular weight is 373 g/mol. The van der Waals surface area contributed by atoms with E-state index < -0.39 is 0 Å². The van der Waals surface area contributed by atoms with E-state index in [1.54, 1.807) is 6.26 Å². The molecule has 1 aromatic carbocycles. The summed E-state index contributed by atoms with van der Waals surface area (Å²) in [7, 11) is 0. The number of furan rings is 1. The molecule has 1 unspecified atom stereocenters. The van der Waals surface area contributed by atoms with E-state index in [0.717, 1.165) is 5.76 Å². The van der Waals surface area contributed by atoms with Gasteiger partial charge in [0.15, 0.2) is 0 Å². The van der Waals surface area contributed by atoms with Crippen molar-refractivity contribution < 1.29 is 13.6 Å². The molecule has 0 fully saturated rings. The van der Waals surface area contributed by atoms with Crippen molar-refractivity contribution in [1.29, 1.82) is 0 Å². The van der Waals surface area contributed by atoms with Crippen molar-refractivity contribution in [1.82, 2.24) is 5.32 Å². The summed E-state index contributed by atoms with van der Waals surface area (Å²) in [4.78, 5) is 12.0. The summed E-state index contributed by atoms with van der Waals surface area (Å²) in [6.07, 6.45) is 2.23. The fourth-order valence-electron chi connectivity index (χ4n) is 1.76. The Balaban J connectivity index is 2.00. The topological polar surface area (TPSA) is 42.2 Å². The molecular weight excluding hydrogens is 360 g/mol. The first-order valence-electron chi connectivity index (χ1n) is 5.84. The summed E-state index contributed by atoms with van der Waals surface area (Å²) in [6, 6.07) is 7.74. The maximum Gasteiger partial charge on any atom is 0.252 e. The summed E-state index contributed by atoms with van der Waals surface area (Å²) in [5, 5.41) is 2.87. The molecule has 3 nitrogen and oxygen atoms in total. The van der Waals surface area contributed by atoms with E-state index in [1.807, 2.05) is 41.6 Å². The number of hydrogen-bond donors (Lipinski definition) is 1. The van der Waals surface area contributed by atoms with Crippen molar-refractivity contribution >= 4 is 28.5 Å². The van der Waals surface area contributed by atoms with Gasteiger partial charge in [0, 0.05) is 16.0 Å². The molecule has 2 rings (SSSR count). The Morgan fingerprint density at radius 2 is 2.26 bits per heavy atom. The first-order chi connectivity index (χ1) is 9.06. The van der Waals surface area contributed by atoms with Crippen molar-refractivity contribution in [2.24, 2.45) is 0 Å². The van der Waals surface area contributed by atoms with E-state index in [2.05, 4.69) is 5.32 Å². The number of carbonyl (C=O) groups excluding carboxylic acids is 1. The maximum atomic E-state index is 13.0. The molecule has 1 atom stereocenters. The Kier molecular flexibility index (Phi) is 4.57. The van der Waals surface area contributed by atoms with Gasteiger partial charge in [-0.05, 0) is 59.8 Å². The van der Waals surface area contributed by atoms with Gasteiger partial charge in [0.2, 0.25) is 0 Å². The Morgan fingerprint density at radius 1 is 1.47 bits per heavy atom.